The molecule has 0 unspecified atom stereocenters. The Morgan fingerprint density at radius 1 is 1.38 bits per heavy atom. The predicted molar refractivity (Wildman–Crippen MR) is 89.1 cm³/mol. The molecule has 2 atom stereocenters. The average molecular weight is 327 g/mol. The Balaban J connectivity index is 1.84. The SMILES string of the molecule is COCc1nc2cnc(-c3nc[nH]n3)cc2n1[C@@H]1CCC[C@H](N)C1. The van der Waals surface area contributed by atoms with Gasteiger partial charge in [0.1, 0.15) is 30.0 Å². The van der Waals surface area contributed by atoms with Crippen LogP contribution in [0.4, 0.5) is 0 Å². The Morgan fingerprint density at radius 2 is 2.29 bits per heavy atom. The van der Waals surface area contributed by atoms with Crippen molar-refractivity contribution < 1.29 is 4.74 Å². The van der Waals surface area contributed by atoms with E-state index in [9.17, 15) is 0 Å². The molecule has 3 aromatic heterocycles. The fourth-order valence-corrected chi connectivity index (χ4v) is 3.58. The number of rotatable bonds is 4. The van der Waals surface area contributed by atoms with Crippen molar-refractivity contribution in [3.63, 3.8) is 0 Å². The maximum atomic E-state index is 6.20. The second kappa shape index (κ2) is 6.29. The Kier molecular flexibility index (Phi) is 3.99. The van der Waals surface area contributed by atoms with Crippen LogP contribution in [-0.4, -0.2) is 42.9 Å². The van der Waals surface area contributed by atoms with Crippen LogP contribution in [0, 0.1) is 0 Å². The topological polar surface area (TPSA) is 108 Å². The largest absolute Gasteiger partial charge is 0.377 e. The van der Waals surface area contributed by atoms with E-state index in [-0.39, 0.29) is 6.04 Å². The highest BCUT2D eigenvalue weighted by Crippen LogP contribution is 2.33. The van der Waals surface area contributed by atoms with Gasteiger partial charge in [0.2, 0.25) is 0 Å². The van der Waals surface area contributed by atoms with Gasteiger partial charge in [-0.1, -0.05) is 0 Å². The molecular formula is C16H21N7O. The highest BCUT2D eigenvalue weighted by Gasteiger charge is 2.25. The molecule has 1 fully saturated rings. The number of fused-ring (bicyclic) bond motifs is 1. The van der Waals surface area contributed by atoms with Crippen molar-refractivity contribution >= 4 is 11.0 Å². The van der Waals surface area contributed by atoms with Crippen molar-refractivity contribution in [1.29, 1.82) is 0 Å². The Hall–Kier alpha value is -2.32. The lowest BCUT2D eigenvalue weighted by atomic mass is 9.91. The maximum absolute atomic E-state index is 6.20. The van der Waals surface area contributed by atoms with Crippen LogP contribution < -0.4 is 5.73 Å². The summed E-state index contributed by atoms with van der Waals surface area (Å²) in [5.41, 5.74) is 8.83. The van der Waals surface area contributed by atoms with Crippen LogP contribution in [0.5, 0.6) is 0 Å². The van der Waals surface area contributed by atoms with E-state index < -0.39 is 0 Å². The van der Waals surface area contributed by atoms with Crippen LogP contribution in [0.2, 0.25) is 0 Å². The van der Waals surface area contributed by atoms with E-state index in [4.69, 9.17) is 15.5 Å². The highest BCUT2D eigenvalue weighted by molar-refractivity contribution is 5.79. The number of nitrogens with zero attached hydrogens (tertiary/aromatic N) is 5. The van der Waals surface area contributed by atoms with Crippen molar-refractivity contribution in [3.8, 4) is 11.5 Å². The summed E-state index contributed by atoms with van der Waals surface area (Å²) >= 11 is 0. The van der Waals surface area contributed by atoms with Crippen LogP contribution in [0.1, 0.15) is 37.5 Å². The molecule has 0 spiro atoms. The minimum absolute atomic E-state index is 0.242. The van der Waals surface area contributed by atoms with Gasteiger partial charge < -0.3 is 15.0 Å². The molecule has 0 amide bonds. The molecule has 0 aromatic carbocycles. The predicted octanol–water partition coefficient (Wildman–Crippen LogP) is 1.81. The third-order valence-corrected chi connectivity index (χ3v) is 4.62. The third kappa shape index (κ3) is 2.67. The van der Waals surface area contributed by atoms with E-state index in [0.29, 0.717) is 18.5 Å². The van der Waals surface area contributed by atoms with E-state index in [1.54, 1.807) is 19.6 Å². The van der Waals surface area contributed by atoms with Crippen LogP contribution in [-0.2, 0) is 11.3 Å². The number of H-pyrrole nitrogens is 1. The average Bonchev–Trinajstić information content (AvgIpc) is 3.22. The molecule has 24 heavy (non-hydrogen) atoms. The van der Waals surface area contributed by atoms with E-state index >= 15 is 0 Å². The van der Waals surface area contributed by atoms with Crippen molar-refractivity contribution in [1.82, 2.24) is 29.7 Å². The summed E-state index contributed by atoms with van der Waals surface area (Å²) in [6.45, 7) is 0.469. The zero-order chi connectivity index (χ0) is 16.5. The summed E-state index contributed by atoms with van der Waals surface area (Å²) in [6, 6.07) is 2.59. The zero-order valence-corrected chi connectivity index (χ0v) is 13.6. The Bertz CT molecular complexity index is 826. The molecule has 3 N–H and O–H groups in total. The number of hydrogen-bond acceptors (Lipinski definition) is 6. The van der Waals surface area contributed by atoms with E-state index in [1.807, 2.05) is 6.07 Å². The summed E-state index contributed by atoms with van der Waals surface area (Å²) in [4.78, 5) is 13.3. The van der Waals surface area contributed by atoms with E-state index in [0.717, 1.165) is 48.2 Å². The van der Waals surface area contributed by atoms with Gasteiger partial charge in [-0.15, -0.1) is 0 Å². The van der Waals surface area contributed by atoms with Crippen LogP contribution in [0.25, 0.3) is 22.6 Å². The Morgan fingerprint density at radius 3 is 3.04 bits per heavy atom. The van der Waals surface area contributed by atoms with Gasteiger partial charge in [-0.2, -0.15) is 5.10 Å². The molecule has 0 radical (unpaired) electrons. The first-order valence-electron chi connectivity index (χ1n) is 8.23. The number of nitrogens with two attached hydrogens (primary N) is 1. The van der Waals surface area contributed by atoms with E-state index in [1.165, 1.54) is 0 Å². The normalized spacial score (nSPS) is 21.4. The molecule has 126 valence electrons. The summed E-state index contributed by atoms with van der Waals surface area (Å²) in [6.07, 6.45) is 7.62. The van der Waals surface area contributed by atoms with Gasteiger partial charge in [-0.25, -0.2) is 9.97 Å². The fourth-order valence-electron chi connectivity index (χ4n) is 3.58. The molecule has 1 aliphatic carbocycles. The second-order valence-corrected chi connectivity index (χ2v) is 6.29. The maximum Gasteiger partial charge on any atom is 0.199 e. The molecule has 0 saturated heterocycles. The van der Waals surface area contributed by atoms with Gasteiger partial charge in [-0.3, -0.25) is 10.1 Å². The second-order valence-electron chi connectivity index (χ2n) is 6.29. The van der Waals surface area contributed by atoms with E-state index in [2.05, 4.69) is 24.7 Å². The minimum atomic E-state index is 0.242. The van der Waals surface area contributed by atoms with Gasteiger partial charge in [0.05, 0.1) is 11.7 Å². The molecule has 0 aliphatic heterocycles. The van der Waals surface area contributed by atoms with Gasteiger partial charge >= 0.3 is 0 Å². The molecule has 4 rings (SSSR count). The highest BCUT2D eigenvalue weighted by atomic mass is 16.5. The molecule has 8 heteroatoms. The number of aromatic amines is 1. The smallest absolute Gasteiger partial charge is 0.199 e. The number of nitrogens with one attached hydrogen (secondary N) is 1. The van der Waals surface area contributed by atoms with Gasteiger partial charge in [0, 0.05) is 19.2 Å². The first kappa shape index (κ1) is 15.2. The minimum Gasteiger partial charge on any atom is -0.377 e. The summed E-state index contributed by atoms with van der Waals surface area (Å²) in [5, 5.41) is 6.84. The number of methoxy groups -OCH3 is 1. The molecule has 1 aliphatic rings. The molecule has 1 saturated carbocycles. The standard InChI is InChI=1S/C16H21N7O/c1-24-8-15-21-13-7-18-12(16-19-9-20-22-16)6-14(13)23(15)11-4-2-3-10(17)5-11/h6-7,9-11H,2-5,8,17H2,1H3,(H,19,20,22)/t10-,11+/m0/s1. The molecule has 3 aromatic rings. The lowest BCUT2D eigenvalue weighted by Crippen LogP contribution is -2.30. The van der Waals surface area contributed by atoms with Crippen LogP contribution >= 0.6 is 0 Å². The molecule has 8 nitrogen and oxygen atoms in total. The lowest BCUT2D eigenvalue weighted by Gasteiger charge is -2.29. The van der Waals surface area contributed by atoms with Crippen molar-refractivity contribution in [2.24, 2.45) is 5.73 Å². The first-order valence-corrected chi connectivity index (χ1v) is 8.23. The van der Waals surface area contributed by atoms with Gasteiger partial charge in [-0.05, 0) is 31.7 Å². The van der Waals surface area contributed by atoms with Crippen molar-refractivity contribution in [2.45, 2.75) is 44.4 Å². The Labute approximate surface area is 139 Å². The number of aromatic nitrogens is 6. The summed E-state index contributed by atoms with van der Waals surface area (Å²) in [7, 11) is 1.69. The molecule has 0 bridgehead atoms. The third-order valence-electron chi connectivity index (χ3n) is 4.62. The summed E-state index contributed by atoms with van der Waals surface area (Å²) < 4.78 is 7.63. The first-order chi connectivity index (χ1) is 11.8. The molecular weight excluding hydrogens is 306 g/mol. The lowest BCUT2D eigenvalue weighted by molar-refractivity contribution is 0.170. The molecule has 3 heterocycles. The monoisotopic (exact) mass is 327 g/mol. The number of hydrogen-bond donors (Lipinski definition) is 2. The van der Waals surface area contributed by atoms with Crippen LogP contribution in [0.15, 0.2) is 18.6 Å². The van der Waals surface area contributed by atoms with Crippen molar-refractivity contribution in [3.05, 3.63) is 24.4 Å². The summed E-state index contributed by atoms with van der Waals surface area (Å²) in [5.74, 6) is 1.50. The number of pyridine rings is 1. The fraction of sp³-hybridized carbons (Fsp3) is 0.500. The zero-order valence-electron chi connectivity index (χ0n) is 13.6. The number of imidazole rings is 1. The van der Waals surface area contributed by atoms with Gasteiger partial charge in [0.25, 0.3) is 0 Å². The van der Waals surface area contributed by atoms with Crippen LogP contribution in [0.3, 0.4) is 0 Å². The van der Waals surface area contributed by atoms with Crippen molar-refractivity contribution in [2.75, 3.05) is 7.11 Å². The number of ether oxygens (including phenoxy) is 1. The van der Waals surface area contributed by atoms with Gasteiger partial charge in [0.15, 0.2) is 5.82 Å². The quantitative estimate of drug-likeness (QED) is 0.756.